The van der Waals surface area contributed by atoms with Crippen LogP contribution >= 0.6 is 8.25 Å². The second-order valence-corrected chi connectivity index (χ2v) is 4.71. The van der Waals surface area contributed by atoms with Gasteiger partial charge in [0.05, 0.1) is 0 Å². The van der Waals surface area contributed by atoms with Crippen LogP contribution in [-0.4, -0.2) is 23.2 Å². The van der Waals surface area contributed by atoms with Gasteiger partial charge in [-0.3, -0.25) is 0 Å². The molecule has 0 saturated heterocycles. The highest BCUT2D eigenvalue weighted by atomic mass is 31.1. The molecule has 0 bridgehead atoms. The Labute approximate surface area is 99.0 Å². The molecule has 4 nitrogen and oxygen atoms in total. The SMILES string of the molecule is O=[P+](O)OCCCCCCCCCCCO. The smallest absolute Gasteiger partial charge is 0.396 e. The normalized spacial score (nSPS) is 11.8. The van der Waals surface area contributed by atoms with Gasteiger partial charge in [-0.05, 0) is 12.8 Å². The minimum Gasteiger partial charge on any atom is -0.396 e. The molecule has 0 amide bonds. The molecule has 5 heteroatoms. The Morgan fingerprint density at radius 2 is 1.25 bits per heavy atom. The summed E-state index contributed by atoms with van der Waals surface area (Å²) in [4.78, 5) is 8.37. The lowest BCUT2D eigenvalue weighted by Gasteiger charge is -2.00. The van der Waals surface area contributed by atoms with E-state index < -0.39 is 8.25 Å². The van der Waals surface area contributed by atoms with Crippen LogP contribution in [0.3, 0.4) is 0 Å². The first-order valence-corrected chi connectivity index (χ1v) is 7.30. The summed E-state index contributed by atoms with van der Waals surface area (Å²) in [6, 6.07) is 0. The summed E-state index contributed by atoms with van der Waals surface area (Å²) in [7, 11) is -2.41. The maximum Gasteiger partial charge on any atom is 0.694 e. The number of aliphatic hydroxyl groups is 1. The van der Waals surface area contributed by atoms with E-state index in [4.69, 9.17) is 10.00 Å². The van der Waals surface area contributed by atoms with E-state index >= 15 is 0 Å². The van der Waals surface area contributed by atoms with E-state index in [9.17, 15) is 4.57 Å². The van der Waals surface area contributed by atoms with Gasteiger partial charge in [0.1, 0.15) is 6.61 Å². The first-order valence-electron chi connectivity index (χ1n) is 6.17. The van der Waals surface area contributed by atoms with Crippen LogP contribution in [0.4, 0.5) is 0 Å². The fraction of sp³-hybridized carbons (Fsp3) is 1.00. The Kier molecular flexibility index (Phi) is 13.0. The van der Waals surface area contributed by atoms with Crippen LogP contribution in [0.25, 0.3) is 0 Å². The van der Waals surface area contributed by atoms with Crippen molar-refractivity contribution in [1.29, 1.82) is 0 Å². The number of unbranched alkanes of at least 4 members (excludes halogenated alkanes) is 8. The largest absolute Gasteiger partial charge is 0.694 e. The molecule has 0 radical (unpaired) electrons. The van der Waals surface area contributed by atoms with Crippen molar-refractivity contribution < 1.29 is 19.1 Å². The van der Waals surface area contributed by atoms with E-state index in [1.165, 1.54) is 32.1 Å². The maximum absolute atomic E-state index is 10.2. The molecule has 0 aromatic rings. The molecular formula is C11H24O4P+. The van der Waals surface area contributed by atoms with Gasteiger partial charge in [-0.2, -0.15) is 0 Å². The Morgan fingerprint density at radius 1 is 0.812 bits per heavy atom. The van der Waals surface area contributed by atoms with Gasteiger partial charge < -0.3 is 5.11 Å². The minimum absolute atomic E-state index is 0.313. The van der Waals surface area contributed by atoms with Crippen molar-refractivity contribution in [2.75, 3.05) is 13.2 Å². The van der Waals surface area contributed by atoms with Crippen molar-refractivity contribution >= 4 is 8.25 Å². The van der Waals surface area contributed by atoms with Crippen molar-refractivity contribution in [2.45, 2.75) is 57.8 Å². The molecule has 0 rings (SSSR count). The number of hydrogen-bond acceptors (Lipinski definition) is 3. The van der Waals surface area contributed by atoms with Gasteiger partial charge in [-0.1, -0.05) is 44.9 Å². The molecule has 0 aromatic heterocycles. The predicted octanol–water partition coefficient (Wildman–Crippen LogP) is 3.16. The van der Waals surface area contributed by atoms with Gasteiger partial charge >= 0.3 is 8.25 Å². The fourth-order valence-electron chi connectivity index (χ4n) is 1.59. The quantitative estimate of drug-likeness (QED) is 0.413. The highest BCUT2D eigenvalue weighted by molar-refractivity contribution is 7.32. The summed E-state index contributed by atoms with van der Waals surface area (Å²) in [5, 5.41) is 8.58. The molecular weight excluding hydrogens is 227 g/mol. The number of hydrogen-bond donors (Lipinski definition) is 2. The number of rotatable bonds is 12. The van der Waals surface area contributed by atoms with E-state index in [1.807, 2.05) is 0 Å². The lowest BCUT2D eigenvalue weighted by Crippen LogP contribution is -1.88. The Balaban J connectivity index is 2.90. The summed E-state index contributed by atoms with van der Waals surface area (Å²) >= 11 is 0. The van der Waals surface area contributed by atoms with E-state index in [0.29, 0.717) is 13.2 Å². The maximum atomic E-state index is 10.2. The van der Waals surface area contributed by atoms with Crippen LogP contribution in [0.1, 0.15) is 57.8 Å². The molecule has 1 unspecified atom stereocenters. The van der Waals surface area contributed by atoms with Crippen molar-refractivity contribution in [3.05, 3.63) is 0 Å². The molecule has 0 heterocycles. The average molecular weight is 251 g/mol. The van der Waals surface area contributed by atoms with E-state index in [2.05, 4.69) is 4.52 Å². The van der Waals surface area contributed by atoms with Crippen molar-refractivity contribution in [2.24, 2.45) is 0 Å². The third-order valence-electron chi connectivity index (χ3n) is 2.50. The first kappa shape index (κ1) is 16.0. The molecule has 0 saturated carbocycles. The van der Waals surface area contributed by atoms with Crippen LogP contribution in [-0.2, 0) is 9.09 Å². The highest BCUT2D eigenvalue weighted by Gasteiger charge is 2.09. The van der Waals surface area contributed by atoms with Crippen LogP contribution in [0.2, 0.25) is 0 Å². The third-order valence-corrected chi connectivity index (χ3v) is 2.91. The lowest BCUT2D eigenvalue weighted by molar-refractivity contribution is 0.273. The minimum atomic E-state index is -2.41. The highest BCUT2D eigenvalue weighted by Crippen LogP contribution is 2.15. The van der Waals surface area contributed by atoms with Crippen LogP contribution in [0, 0.1) is 0 Å². The summed E-state index contributed by atoms with van der Waals surface area (Å²) in [5.41, 5.74) is 0. The summed E-state index contributed by atoms with van der Waals surface area (Å²) < 4.78 is 14.7. The van der Waals surface area contributed by atoms with Crippen molar-refractivity contribution in [1.82, 2.24) is 0 Å². The van der Waals surface area contributed by atoms with Gasteiger partial charge in [0.15, 0.2) is 0 Å². The second-order valence-electron chi connectivity index (χ2n) is 3.98. The third kappa shape index (κ3) is 14.0. The molecule has 0 spiro atoms. The second kappa shape index (κ2) is 13.0. The molecule has 0 aliphatic carbocycles. The zero-order valence-electron chi connectivity index (χ0n) is 9.94. The zero-order chi connectivity index (χ0) is 12.1. The van der Waals surface area contributed by atoms with Gasteiger partial charge in [-0.25, -0.2) is 0 Å². The predicted molar refractivity (Wildman–Crippen MR) is 64.4 cm³/mol. The Bertz CT molecular complexity index is 164. The Morgan fingerprint density at radius 3 is 1.69 bits per heavy atom. The molecule has 0 aromatic carbocycles. The van der Waals surface area contributed by atoms with Crippen molar-refractivity contribution in [3.8, 4) is 0 Å². The molecule has 0 aliphatic rings. The standard InChI is InChI=1S/C11H23O4P/c12-10-8-6-4-2-1-3-5-7-9-11-15-16(13)14/h12H,1-11H2/p+1. The molecule has 2 N–H and O–H groups in total. The topological polar surface area (TPSA) is 66.8 Å². The summed E-state index contributed by atoms with van der Waals surface area (Å²) in [6.45, 7) is 0.704. The van der Waals surface area contributed by atoms with Crippen LogP contribution in [0.15, 0.2) is 0 Å². The molecule has 0 aliphatic heterocycles. The fourth-order valence-corrected chi connectivity index (χ4v) is 1.88. The summed E-state index contributed by atoms with van der Waals surface area (Å²) in [6.07, 6.45) is 10.1. The lowest BCUT2D eigenvalue weighted by atomic mass is 10.1. The van der Waals surface area contributed by atoms with Crippen molar-refractivity contribution in [3.63, 3.8) is 0 Å². The first-order chi connectivity index (χ1) is 7.77. The molecule has 16 heavy (non-hydrogen) atoms. The van der Waals surface area contributed by atoms with E-state index in [-0.39, 0.29) is 0 Å². The summed E-state index contributed by atoms with van der Waals surface area (Å²) in [5.74, 6) is 0. The molecule has 0 fully saturated rings. The van der Waals surface area contributed by atoms with Gasteiger partial charge in [0.2, 0.25) is 0 Å². The zero-order valence-corrected chi connectivity index (χ0v) is 10.8. The Hall–Kier alpha value is -0.0200. The molecule has 1 atom stereocenters. The van der Waals surface area contributed by atoms with Crippen LogP contribution < -0.4 is 0 Å². The van der Waals surface area contributed by atoms with Crippen LogP contribution in [0.5, 0.6) is 0 Å². The average Bonchev–Trinajstić information content (AvgIpc) is 2.25. The van der Waals surface area contributed by atoms with E-state index in [0.717, 1.165) is 25.7 Å². The van der Waals surface area contributed by atoms with Gasteiger partial charge in [0, 0.05) is 11.2 Å². The monoisotopic (exact) mass is 251 g/mol. The van der Waals surface area contributed by atoms with Gasteiger partial charge in [-0.15, -0.1) is 9.42 Å². The molecule has 96 valence electrons. The van der Waals surface area contributed by atoms with Gasteiger partial charge in [0.25, 0.3) is 0 Å². The van der Waals surface area contributed by atoms with E-state index in [1.54, 1.807) is 0 Å². The number of aliphatic hydroxyl groups excluding tert-OH is 1.